The first-order valence-electron chi connectivity index (χ1n) is 6.62. The highest BCUT2D eigenvalue weighted by Gasteiger charge is 2.12. The van der Waals surface area contributed by atoms with Crippen molar-refractivity contribution in [2.75, 3.05) is 40.8 Å². The molecule has 6 nitrogen and oxygen atoms in total. The van der Waals surface area contributed by atoms with E-state index in [1.54, 1.807) is 12.1 Å². The molecule has 0 bridgehead atoms. The van der Waals surface area contributed by atoms with Gasteiger partial charge in [-0.1, -0.05) is 6.07 Å². The summed E-state index contributed by atoms with van der Waals surface area (Å²) in [6, 6.07) is 7.36. The van der Waals surface area contributed by atoms with E-state index in [9.17, 15) is 4.79 Å². The standard InChI is InChI=1S/C15H21N3O3/c1-17(2)6-7-18(11-15(19)20)10-12-4-5-13(9-16)14(8-12)21-3/h4-5,8H,6-7,10-11H2,1-3H3,(H,19,20). The van der Waals surface area contributed by atoms with E-state index in [-0.39, 0.29) is 6.54 Å². The minimum atomic E-state index is -0.852. The minimum Gasteiger partial charge on any atom is -0.495 e. The van der Waals surface area contributed by atoms with Crippen LogP contribution in [0.5, 0.6) is 5.75 Å². The van der Waals surface area contributed by atoms with Crippen LogP contribution < -0.4 is 4.74 Å². The van der Waals surface area contributed by atoms with Gasteiger partial charge >= 0.3 is 5.97 Å². The lowest BCUT2D eigenvalue weighted by Gasteiger charge is -2.22. The highest BCUT2D eigenvalue weighted by molar-refractivity contribution is 5.69. The van der Waals surface area contributed by atoms with Crippen molar-refractivity contribution >= 4 is 5.97 Å². The fourth-order valence-corrected chi connectivity index (χ4v) is 1.93. The molecule has 0 heterocycles. The Hall–Kier alpha value is -2.10. The highest BCUT2D eigenvalue weighted by Crippen LogP contribution is 2.20. The van der Waals surface area contributed by atoms with Crippen LogP contribution in [0.1, 0.15) is 11.1 Å². The van der Waals surface area contributed by atoms with E-state index in [0.29, 0.717) is 24.4 Å². The minimum absolute atomic E-state index is 0.0177. The van der Waals surface area contributed by atoms with E-state index in [2.05, 4.69) is 6.07 Å². The summed E-state index contributed by atoms with van der Waals surface area (Å²) in [5.74, 6) is -0.341. The van der Waals surface area contributed by atoms with Gasteiger partial charge in [-0.15, -0.1) is 0 Å². The molecule has 0 aliphatic heterocycles. The van der Waals surface area contributed by atoms with E-state index in [1.807, 2.05) is 30.0 Å². The van der Waals surface area contributed by atoms with Crippen LogP contribution in [-0.4, -0.2) is 61.7 Å². The van der Waals surface area contributed by atoms with Crippen molar-refractivity contribution in [2.45, 2.75) is 6.54 Å². The number of hydrogen-bond donors (Lipinski definition) is 1. The number of nitrogens with zero attached hydrogens (tertiary/aromatic N) is 3. The van der Waals surface area contributed by atoms with Crippen molar-refractivity contribution in [2.24, 2.45) is 0 Å². The van der Waals surface area contributed by atoms with E-state index >= 15 is 0 Å². The predicted molar refractivity (Wildman–Crippen MR) is 79.2 cm³/mol. The van der Waals surface area contributed by atoms with Crippen LogP contribution in [0.4, 0.5) is 0 Å². The molecular weight excluding hydrogens is 270 g/mol. The average Bonchev–Trinajstić information content (AvgIpc) is 2.44. The van der Waals surface area contributed by atoms with E-state index in [1.165, 1.54) is 7.11 Å². The third-order valence-electron chi connectivity index (χ3n) is 3.01. The van der Waals surface area contributed by atoms with Gasteiger partial charge in [0, 0.05) is 19.6 Å². The number of carbonyl (C=O) groups is 1. The second kappa shape index (κ2) is 8.25. The van der Waals surface area contributed by atoms with Gasteiger partial charge in [0.25, 0.3) is 0 Å². The van der Waals surface area contributed by atoms with Crippen molar-refractivity contribution in [3.8, 4) is 11.8 Å². The molecule has 1 aromatic rings. The number of hydrogen-bond acceptors (Lipinski definition) is 5. The van der Waals surface area contributed by atoms with E-state index in [4.69, 9.17) is 15.1 Å². The number of carboxylic acids is 1. The summed E-state index contributed by atoms with van der Waals surface area (Å²) in [5.41, 5.74) is 1.39. The summed E-state index contributed by atoms with van der Waals surface area (Å²) in [6.07, 6.45) is 0. The molecular formula is C15H21N3O3. The topological polar surface area (TPSA) is 76.8 Å². The van der Waals surface area contributed by atoms with Gasteiger partial charge in [0.2, 0.25) is 0 Å². The summed E-state index contributed by atoms with van der Waals surface area (Å²) in [6.45, 7) is 1.92. The van der Waals surface area contributed by atoms with Crippen LogP contribution in [-0.2, 0) is 11.3 Å². The molecule has 6 heteroatoms. The predicted octanol–water partition coefficient (Wildman–Crippen LogP) is 1.02. The summed E-state index contributed by atoms with van der Waals surface area (Å²) < 4.78 is 5.17. The van der Waals surface area contributed by atoms with Gasteiger partial charge in [-0.3, -0.25) is 9.69 Å². The van der Waals surface area contributed by atoms with Gasteiger partial charge in [-0.2, -0.15) is 5.26 Å². The molecule has 0 spiro atoms. The summed E-state index contributed by atoms with van der Waals surface area (Å²) >= 11 is 0. The molecule has 0 saturated carbocycles. The normalized spacial score (nSPS) is 10.7. The Bertz CT molecular complexity index is 523. The molecule has 0 saturated heterocycles. The van der Waals surface area contributed by atoms with Crippen molar-refractivity contribution in [1.82, 2.24) is 9.80 Å². The Morgan fingerprint density at radius 3 is 2.62 bits per heavy atom. The molecule has 0 aliphatic rings. The van der Waals surface area contributed by atoms with E-state index < -0.39 is 5.97 Å². The monoisotopic (exact) mass is 291 g/mol. The van der Waals surface area contributed by atoms with Gasteiger partial charge in [0.05, 0.1) is 19.2 Å². The summed E-state index contributed by atoms with van der Waals surface area (Å²) in [5, 5.41) is 17.9. The van der Waals surface area contributed by atoms with Crippen LogP contribution in [0.25, 0.3) is 0 Å². The Labute approximate surface area is 125 Å². The zero-order chi connectivity index (χ0) is 15.8. The van der Waals surface area contributed by atoms with Crippen LogP contribution in [0, 0.1) is 11.3 Å². The summed E-state index contributed by atoms with van der Waals surface area (Å²) in [7, 11) is 5.41. The Kier molecular flexibility index (Phi) is 6.66. The maximum Gasteiger partial charge on any atom is 0.317 e. The van der Waals surface area contributed by atoms with Gasteiger partial charge < -0.3 is 14.7 Å². The molecule has 1 N–H and O–H groups in total. The smallest absolute Gasteiger partial charge is 0.317 e. The number of ether oxygens (including phenoxy) is 1. The number of likely N-dealkylation sites (N-methyl/N-ethyl adjacent to an activating group) is 1. The van der Waals surface area contributed by atoms with Crippen molar-refractivity contribution in [3.05, 3.63) is 29.3 Å². The quantitative estimate of drug-likeness (QED) is 0.770. The zero-order valence-electron chi connectivity index (χ0n) is 12.7. The Morgan fingerprint density at radius 2 is 2.10 bits per heavy atom. The van der Waals surface area contributed by atoms with Gasteiger partial charge in [-0.25, -0.2) is 0 Å². The van der Waals surface area contributed by atoms with Crippen LogP contribution in [0.3, 0.4) is 0 Å². The van der Waals surface area contributed by atoms with Gasteiger partial charge in [0.15, 0.2) is 0 Å². The Morgan fingerprint density at radius 1 is 1.38 bits per heavy atom. The number of benzene rings is 1. The third-order valence-corrected chi connectivity index (χ3v) is 3.01. The number of aliphatic carboxylic acids is 1. The molecule has 0 aliphatic carbocycles. The lowest BCUT2D eigenvalue weighted by molar-refractivity contribution is -0.138. The van der Waals surface area contributed by atoms with Crippen LogP contribution >= 0.6 is 0 Å². The second-order valence-corrected chi connectivity index (χ2v) is 5.05. The van der Waals surface area contributed by atoms with Gasteiger partial charge in [0.1, 0.15) is 11.8 Å². The van der Waals surface area contributed by atoms with Crippen molar-refractivity contribution in [3.63, 3.8) is 0 Å². The fourth-order valence-electron chi connectivity index (χ4n) is 1.93. The molecule has 1 aromatic carbocycles. The molecule has 1 rings (SSSR count). The van der Waals surface area contributed by atoms with Crippen molar-refractivity contribution < 1.29 is 14.6 Å². The SMILES string of the molecule is COc1cc(CN(CCN(C)C)CC(=O)O)ccc1C#N. The number of carboxylic acid groups (broad SMARTS) is 1. The maximum absolute atomic E-state index is 10.9. The highest BCUT2D eigenvalue weighted by atomic mass is 16.5. The third kappa shape index (κ3) is 5.81. The first-order chi connectivity index (χ1) is 9.96. The van der Waals surface area contributed by atoms with E-state index in [0.717, 1.165) is 12.1 Å². The molecule has 0 amide bonds. The first-order valence-corrected chi connectivity index (χ1v) is 6.62. The molecule has 0 atom stereocenters. The maximum atomic E-state index is 10.9. The fraction of sp³-hybridized carbons (Fsp3) is 0.467. The molecule has 21 heavy (non-hydrogen) atoms. The lowest BCUT2D eigenvalue weighted by atomic mass is 10.1. The molecule has 0 unspecified atom stereocenters. The zero-order valence-corrected chi connectivity index (χ0v) is 12.7. The second-order valence-electron chi connectivity index (χ2n) is 5.05. The van der Waals surface area contributed by atoms with Crippen LogP contribution in [0.15, 0.2) is 18.2 Å². The Balaban J connectivity index is 2.82. The largest absolute Gasteiger partial charge is 0.495 e. The molecule has 0 aromatic heterocycles. The summed E-state index contributed by atoms with van der Waals surface area (Å²) in [4.78, 5) is 14.8. The molecule has 0 fully saturated rings. The number of methoxy groups -OCH3 is 1. The van der Waals surface area contributed by atoms with Crippen LogP contribution in [0.2, 0.25) is 0 Å². The molecule has 114 valence electrons. The number of rotatable bonds is 8. The van der Waals surface area contributed by atoms with Crippen molar-refractivity contribution in [1.29, 1.82) is 5.26 Å². The average molecular weight is 291 g/mol. The molecule has 0 radical (unpaired) electrons. The first kappa shape index (κ1) is 17.0. The number of nitriles is 1. The van der Waals surface area contributed by atoms with Gasteiger partial charge in [-0.05, 0) is 31.8 Å². The lowest BCUT2D eigenvalue weighted by Crippen LogP contribution is -2.35.